The second-order valence-corrected chi connectivity index (χ2v) is 4.66. The number of piperidine rings is 1. The molecule has 1 aliphatic heterocycles. The molecule has 92 valence electrons. The molecule has 1 saturated heterocycles. The van der Waals surface area contributed by atoms with Crippen molar-refractivity contribution < 1.29 is 17.9 Å². The van der Waals surface area contributed by atoms with Gasteiger partial charge in [-0.3, -0.25) is 0 Å². The SMILES string of the molecule is FC(F)(F)Oc1ccc([C@H]2NC[C@H]3C[C@H]32)cc1. The van der Waals surface area contributed by atoms with E-state index in [2.05, 4.69) is 10.1 Å². The zero-order valence-electron chi connectivity index (χ0n) is 9.00. The minimum atomic E-state index is -4.62. The Labute approximate surface area is 96.8 Å². The third kappa shape index (κ3) is 2.24. The van der Waals surface area contributed by atoms with Gasteiger partial charge >= 0.3 is 6.36 Å². The summed E-state index contributed by atoms with van der Waals surface area (Å²) in [7, 11) is 0. The van der Waals surface area contributed by atoms with Gasteiger partial charge in [-0.15, -0.1) is 13.2 Å². The summed E-state index contributed by atoms with van der Waals surface area (Å²) in [6, 6.07) is 6.47. The van der Waals surface area contributed by atoms with E-state index in [0.717, 1.165) is 18.0 Å². The van der Waals surface area contributed by atoms with Gasteiger partial charge in [0.15, 0.2) is 0 Å². The van der Waals surface area contributed by atoms with Crippen molar-refractivity contribution in [3.8, 4) is 5.75 Å². The molecular formula is C12H12F3NO. The van der Waals surface area contributed by atoms with Crippen LogP contribution >= 0.6 is 0 Å². The van der Waals surface area contributed by atoms with Crippen LogP contribution < -0.4 is 10.1 Å². The topological polar surface area (TPSA) is 21.3 Å². The largest absolute Gasteiger partial charge is 0.573 e. The average molecular weight is 243 g/mol. The molecule has 0 bridgehead atoms. The normalized spacial score (nSPS) is 31.1. The van der Waals surface area contributed by atoms with Crippen molar-refractivity contribution in [2.24, 2.45) is 11.8 Å². The maximum atomic E-state index is 12.0. The number of halogens is 3. The molecule has 3 atom stereocenters. The van der Waals surface area contributed by atoms with Crippen molar-refractivity contribution in [3.05, 3.63) is 29.8 Å². The van der Waals surface area contributed by atoms with Crippen LogP contribution in [0.1, 0.15) is 18.0 Å². The highest BCUT2D eigenvalue weighted by Crippen LogP contribution is 2.51. The number of benzene rings is 1. The van der Waals surface area contributed by atoms with E-state index in [9.17, 15) is 13.2 Å². The molecule has 0 aromatic heterocycles. The van der Waals surface area contributed by atoms with Gasteiger partial charge in [0.1, 0.15) is 5.75 Å². The molecule has 1 aromatic rings. The molecule has 0 spiro atoms. The molecule has 0 amide bonds. The van der Waals surface area contributed by atoms with Gasteiger partial charge in [-0.2, -0.15) is 0 Å². The quantitative estimate of drug-likeness (QED) is 0.862. The van der Waals surface area contributed by atoms with Crippen molar-refractivity contribution in [2.45, 2.75) is 18.8 Å². The molecule has 17 heavy (non-hydrogen) atoms. The van der Waals surface area contributed by atoms with E-state index in [0.29, 0.717) is 12.0 Å². The highest BCUT2D eigenvalue weighted by atomic mass is 19.4. The molecule has 1 heterocycles. The van der Waals surface area contributed by atoms with Crippen LogP contribution in [0.15, 0.2) is 24.3 Å². The number of fused-ring (bicyclic) bond motifs is 1. The van der Waals surface area contributed by atoms with Crippen molar-refractivity contribution in [1.29, 1.82) is 0 Å². The lowest BCUT2D eigenvalue weighted by atomic mass is 10.0. The molecule has 1 aromatic carbocycles. The van der Waals surface area contributed by atoms with Gasteiger partial charge in [0.2, 0.25) is 0 Å². The van der Waals surface area contributed by atoms with Crippen molar-refractivity contribution in [2.75, 3.05) is 6.54 Å². The third-order valence-electron chi connectivity index (χ3n) is 3.48. The summed E-state index contributed by atoms with van der Waals surface area (Å²) >= 11 is 0. The predicted molar refractivity (Wildman–Crippen MR) is 55.5 cm³/mol. The Hall–Kier alpha value is -1.23. The summed E-state index contributed by atoms with van der Waals surface area (Å²) in [4.78, 5) is 0. The first kappa shape index (κ1) is 10.9. The summed E-state index contributed by atoms with van der Waals surface area (Å²) < 4.78 is 39.8. The zero-order valence-corrected chi connectivity index (χ0v) is 9.00. The lowest BCUT2D eigenvalue weighted by molar-refractivity contribution is -0.274. The van der Waals surface area contributed by atoms with E-state index in [1.807, 2.05) is 0 Å². The van der Waals surface area contributed by atoms with Crippen molar-refractivity contribution in [1.82, 2.24) is 5.32 Å². The number of ether oxygens (including phenoxy) is 1. The molecule has 0 radical (unpaired) electrons. The van der Waals surface area contributed by atoms with Gasteiger partial charge in [0.25, 0.3) is 0 Å². The minimum Gasteiger partial charge on any atom is -0.406 e. The highest BCUT2D eigenvalue weighted by molar-refractivity contribution is 5.31. The van der Waals surface area contributed by atoms with Gasteiger partial charge in [0, 0.05) is 6.04 Å². The third-order valence-corrected chi connectivity index (χ3v) is 3.48. The van der Waals surface area contributed by atoms with Crippen LogP contribution in [0.4, 0.5) is 13.2 Å². The maximum absolute atomic E-state index is 12.0. The fraction of sp³-hybridized carbons (Fsp3) is 0.500. The monoisotopic (exact) mass is 243 g/mol. The second-order valence-electron chi connectivity index (χ2n) is 4.66. The van der Waals surface area contributed by atoms with Crippen molar-refractivity contribution in [3.63, 3.8) is 0 Å². The average Bonchev–Trinajstić information content (AvgIpc) is 2.90. The molecular weight excluding hydrogens is 231 g/mol. The van der Waals surface area contributed by atoms with Crippen LogP contribution in [-0.2, 0) is 0 Å². The molecule has 2 fully saturated rings. The van der Waals surface area contributed by atoms with Crippen LogP contribution in [0.3, 0.4) is 0 Å². The Balaban J connectivity index is 1.71. The van der Waals surface area contributed by atoms with Gasteiger partial charge in [0.05, 0.1) is 0 Å². The highest BCUT2D eigenvalue weighted by Gasteiger charge is 2.48. The van der Waals surface area contributed by atoms with E-state index in [-0.39, 0.29) is 5.75 Å². The molecule has 1 N–H and O–H groups in total. The van der Waals surface area contributed by atoms with Crippen LogP contribution in [0.2, 0.25) is 0 Å². The molecule has 1 saturated carbocycles. The predicted octanol–water partition coefficient (Wildman–Crippen LogP) is 2.87. The first-order valence-electron chi connectivity index (χ1n) is 5.62. The Morgan fingerprint density at radius 3 is 2.35 bits per heavy atom. The summed E-state index contributed by atoms with van der Waals surface area (Å²) in [6.07, 6.45) is -3.38. The fourth-order valence-corrected chi connectivity index (χ4v) is 2.59. The van der Waals surface area contributed by atoms with Gasteiger partial charge in [-0.05, 0) is 42.5 Å². The summed E-state index contributed by atoms with van der Waals surface area (Å²) in [5.41, 5.74) is 1.05. The molecule has 0 unspecified atom stereocenters. The van der Waals surface area contributed by atoms with E-state index in [4.69, 9.17) is 0 Å². The van der Waals surface area contributed by atoms with E-state index in [1.54, 1.807) is 12.1 Å². The van der Waals surface area contributed by atoms with E-state index < -0.39 is 6.36 Å². The molecule has 2 nitrogen and oxygen atoms in total. The lowest BCUT2D eigenvalue weighted by Gasteiger charge is -2.14. The molecule has 2 aliphatic rings. The maximum Gasteiger partial charge on any atom is 0.573 e. The van der Waals surface area contributed by atoms with Crippen LogP contribution in [0.25, 0.3) is 0 Å². The van der Waals surface area contributed by atoms with E-state index >= 15 is 0 Å². The second kappa shape index (κ2) is 3.63. The first-order chi connectivity index (χ1) is 8.03. The van der Waals surface area contributed by atoms with Gasteiger partial charge in [-0.25, -0.2) is 0 Å². The minimum absolute atomic E-state index is 0.161. The Kier molecular flexibility index (Phi) is 2.33. The standard InChI is InChI=1S/C12H12F3NO/c13-12(14,15)17-9-3-1-7(2-4-9)11-10-5-8(10)6-16-11/h1-4,8,10-11,16H,5-6H2/t8-,10-,11-/m1/s1. The summed E-state index contributed by atoms with van der Waals surface area (Å²) in [5.74, 6) is 1.28. The number of rotatable bonds is 2. The fourth-order valence-electron chi connectivity index (χ4n) is 2.59. The zero-order chi connectivity index (χ0) is 12.0. The number of alkyl halides is 3. The molecule has 1 aliphatic carbocycles. The Morgan fingerprint density at radius 2 is 1.88 bits per heavy atom. The summed E-state index contributed by atoms with van der Waals surface area (Å²) in [5, 5.41) is 3.38. The Bertz CT molecular complexity index is 415. The smallest absolute Gasteiger partial charge is 0.406 e. The first-order valence-corrected chi connectivity index (χ1v) is 5.62. The van der Waals surface area contributed by atoms with E-state index in [1.165, 1.54) is 18.6 Å². The lowest BCUT2D eigenvalue weighted by Crippen LogP contribution is -2.19. The molecule has 5 heteroatoms. The van der Waals surface area contributed by atoms with Crippen LogP contribution in [0, 0.1) is 11.8 Å². The van der Waals surface area contributed by atoms with Gasteiger partial charge < -0.3 is 10.1 Å². The number of hydrogen-bond acceptors (Lipinski definition) is 2. The van der Waals surface area contributed by atoms with Crippen LogP contribution in [0.5, 0.6) is 5.75 Å². The number of nitrogens with one attached hydrogen (secondary N) is 1. The Morgan fingerprint density at radius 1 is 1.18 bits per heavy atom. The number of hydrogen-bond donors (Lipinski definition) is 1. The van der Waals surface area contributed by atoms with Crippen LogP contribution in [-0.4, -0.2) is 12.9 Å². The molecule has 3 rings (SSSR count). The summed E-state index contributed by atoms with van der Waals surface area (Å²) in [6.45, 7) is 1.02. The van der Waals surface area contributed by atoms with Gasteiger partial charge in [-0.1, -0.05) is 12.1 Å². The van der Waals surface area contributed by atoms with Crippen molar-refractivity contribution >= 4 is 0 Å².